The van der Waals surface area contributed by atoms with Gasteiger partial charge in [0, 0.05) is 31.2 Å². The molecule has 0 radical (unpaired) electrons. The molecule has 4 rings (SSSR count). The van der Waals surface area contributed by atoms with Gasteiger partial charge >= 0.3 is 5.97 Å². The summed E-state index contributed by atoms with van der Waals surface area (Å²) in [5.74, 6) is -0.390. The van der Waals surface area contributed by atoms with Crippen molar-refractivity contribution in [2.75, 3.05) is 20.2 Å². The second kappa shape index (κ2) is 8.40. The van der Waals surface area contributed by atoms with Crippen LogP contribution in [0.1, 0.15) is 34.9 Å². The van der Waals surface area contributed by atoms with Crippen LogP contribution in [0.15, 0.2) is 67.0 Å². The first kappa shape index (κ1) is 18.4. The SMILES string of the molecule is COC(=O)c1ncn(C2CCN(Cc3ccccc3)CC2)c1-c1ccccc1. The summed E-state index contributed by atoms with van der Waals surface area (Å²) in [6.07, 6.45) is 3.86. The largest absolute Gasteiger partial charge is 0.464 e. The van der Waals surface area contributed by atoms with Crippen LogP contribution in [-0.4, -0.2) is 40.6 Å². The van der Waals surface area contributed by atoms with Crippen molar-refractivity contribution in [2.45, 2.75) is 25.4 Å². The monoisotopic (exact) mass is 375 g/mol. The Morgan fingerprint density at radius 2 is 1.68 bits per heavy atom. The Balaban J connectivity index is 1.54. The van der Waals surface area contributed by atoms with Gasteiger partial charge in [-0.3, -0.25) is 4.90 Å². The predicted molar refractivity (Wildman–Crippen MR) is 109 cm³/mol. The fourth-order valence-corrected chi connectivity index (χ4v) is 3.96. The first-order chi connectivity index (χ1) is 13.8. The number of carbonyl (C=O) groups excluding carboxylic acids is 1. The highest BCUT2D eigenvalue weighted by Gasteiger charge is 2.27. The molecule has 0 aliphatic carbocycles. The van der Waals surface area contributed by atoms with Crippen LogP contribution in [0.3, 0.4) is 0 Å². The minimum atomic E-state index is -0.390. The molecular formula is C23H25N3O2. The van der Waals surface area contributed by atoms with E-state index in [-0.39, 0.29) is 5.97 Å². The average molecular weight is 375 g/mol. The summed E-state index contributed by atoms with van der Waals surface area (Å²) in [6, 6.07) is 20.9. The number of aromatic nitrogens is 2. The molecule has 3 aromatic rings. The number of carbonyl (C=O) groups is 1. The van der Waals surface area contributed by atoms with E-state index in [4.69, 9.17) is 4.74 Å². The van der Waals surface area contributed by atoms with Crippen molar-refractivity contribution in [3.8, 4) is 11.3 Å². The summed E-state index contributed by atoms with van der Waals surface area (Å²) in [6.45, 7) is 3.04. The number of likely N-dealkylation sites (tertiary alicyclic amines) is 1. The molecule has 0 N–H and O–H groups in total. The number of hydrogen-bond donors (Lipinski definition) is 0. The molecule has 28 heavy (non-hydrogen) atoms. The maximum atomic E-state index is 12.3. The van der Waals surface area contributed by atoms with Crippen LogP contribution in [0.2, 0.25) is 0 Å². The van der Waals surface area contributed by atoms with E-state index in [0.717, 1.165) is 43.7 Å². The molecule has 1 saturated heterocycles. The number of benzene rings is 2. The lowest BCUT2D eigenvalue weighted by molar-refractivity contribution is 0.0595. The van der Waals surface area contributed by atoms with Gasteiger partial charge in [0.2, 0.25) is 0 Å². The van der Waals surface area contributed by atoms with Gasteiger partial charge in [-0.05, 0) is 18.4 Å². The number of rotatable bonds is 5. The highest BCUT2D eigenvalue weighted by molar-refractivity contribution is 5.94. The van der Waals surface area contributed by atoms with Crippen LogP contribution in [0.25, 0.3) is 11.3 Å². The van der Waals surface area contributed by atoms with Gasteiger partial charge < -0.3 is 9.30 Å². The van der Waals surface area contributed by atoms with Crippen molar-refractivity contribution in [1.82, 2.24) is 14.5 Å². The molecule has 0 saturated carbocycles. The van der Waals surface area contributed by atoms with Gasteiger partial charge in [-0.2, -0.15) is 0 Å². The minimum Gasteiger partial charge on any atom is -0.464 e. The lowest BCUT2D eigenvalue weighted by Gasteiger charge is -2.33. The smallest absolute Gasteiger partial charge is 0.358 e. The van der Waals surface area contributed by atoms with Gasteiger partial charge in [-0.15, -0.1) is 0 Å². The molecule has 1 aromatic heterocycles. The van der Waals surface area contributed by atoms with Crippen molar-refractivity contribution in [1.29, 1.82) is 0 Å². The Bertz CT molecular complexity index is 914. The maximum Gasteiger partial charge on any atom is 0.358 e. The van der Waals surface area contributed by atoms with Crippen LogP contribution in [0, 0.1) is 0 Å². The lowest BCUT2D eigenvalue weighted by Crippen LogP contribution is -2.34. The molecule has 2 heterocycles. The Labute approximate surface area is 165 Å². The first-order valence-electron chi connectivity index (χ1n) is 9.73. The summed E-state index contributed by atoms with van der Waals surface area (Å²) < 4.78 is 7.13. The lowest BCUT2D eigenvalue weighted by atomic mass is 10.0. The Hall–Kier alpha value is -2.92. The van der Waals surface area contributed by atoms with Crippen molar-refractivity contribution in [3.05, 3.63) is 78.2 Å². The highest BCUT2D eigenvalue weighted by Crippen LogP contribution is 2.32. The van der Waals surface area contributed by atoms with E-state index in [9.17, 15) is 4.79 Å². The third kappa shape index (κ3) is 3.85. The summed E-state index contributed by atoms with van der Waals surface area (Å²) in [4.78, 5) is 19.1. The number of piperidine rings is 1. The predicted octanol–water partition coefficient (Wildman–Crippen LogP) is 4.17. The third-order valence-corrected chi connectivity index (χ3v) is 5.42. The standard InChI is InChI=1S/C23H25N3O2/c1-28-23(27)21-22(19-10-6-3-7-11-19)26(17-24-21)20-12-14-25(15-13-20)16-18-8-4-2-5-9-18/h2-11,17,20H,12-16H2,1H3. The van der Waals surface area contributed by atoms with Gasteiger partial charge in [0.1, 0.15) is 0 Å². The number of nitrogens with zero attached hydrogens (tertiary/aromatic N) is 3. The molecule has 5 heteroatoms. The summed E-state index contributed by atoms with van der Waals surface area (Å²) in [7, 11) is 1.40. The molecule has 0 bridgehead atoms. The van der Waals surface area contributed by atoms with Crippen LogP contribution >= 0.6 is 0 Å². The van der Waals surface area contributed by atoms with Crippen molar-refractivity contribution in [3.63, 3.8) is 0 Å². The molecule has 2 aromatic carbocycles. The van der Waals surface area contributed by atoms with Crippen molar-refractivity contribution < 1.29 is 9.53 Å². The van der Waals surface area contributed by atoms with Gasteiger partial charge in [-0.25, -0.2) is 9.78 Å². The van der Waals surface area contributed by atoms with Gasteiger partial charge in [0.15, 0.2) is 5.69 Å². The quantitative estimate of drug-likeness (QED) is 0.628. The van der Waals surface area contributed by atoms with Crippen LogP contribution in [0.5, 0.6) is 0 Å². The number of hydrogen-bond acceptors (Lipinski definition) is 4. The topological polar surface area (TPSA) is 47.4 Å². The van der Waals surface area contributed by atoms with Crippen molar-refractivity contribution >= 4 is 5.97 Å². The zero-order valence-electron chi connectivity index (χ0n) is 16.1. The van der Waals surface area contributed by atoms with E-state index in [1.165, 1.54) is 12.7 Å². The fourth-order valence-electron chi connectivity index (χ4n) is 3.96. The molecule has 0 amide bonds. The summed E-state index contributed by atoms with van der Waals surface area (Å²) in [5.41, 5.74) is 3.59. The van der Waals surface area contributed by atoms with Gasteiger partial charge in [-0.1, -0.05) is 60.7 Å². The van der Waals surface area contributed by atoms with Gasteiger partial charge in [0.25, 0.3) is 0 Å². The maximum absolute atomic E-state index is 12.3. The van der Waals surface area contributed by atoms with Crippen LogP contribution < -0.4 is 0 Å². The molecule has 5 nitrogen and oxygen atoms in total. The van der Waals surface area contributed by atoms with E-state index >= 15 is 0 Å². The molecular weight excluding hydrogens is 350 g/mol. The Kier molecular flexibility index (Phi) is 5.53. The molecule has 0 unspecified atom stereocenters. The average Bonchev–Trinajstić information content (AvgIpc) is 3.20. The Morgan fingerprint density at radius 3 is 2.32 bits per heavy atom. The third-order valence-electron chi connectivity index (χ3n) is 5.42. The summed E-state index contributed by atoms with van der Waals surface area (Å²) in [5, 5.41) is 0. The second-order valence-corrected chi connectivity index (χ2v) is 7.20. The molecule has 1 aliphatic rings. The van der Waals surface area contributed by atoms with E-state index in [2.05, 4.69) is 44.8 Å². The van der Waals surface area contributed by atoms with E-state index in [0.29, 0.717) is 11.7 Å². The summed E-state index contributed by atoms with van der Waals surface area (Å²) >= 11 is 0. The minimum absolute atomic E-state index is 0.327. The van der Waals surface area contributed by atoms with Crippen LogP contribution in [0.4, 0.5) is 0 Å². The van der Waals surface area contributed by atoms with E-state index in [1.807, 2.05) is 30.3 Å². The first-order valence-corrected chi connectivity index (χ1v) is 9.73. The van der Waals surface area contributed by atoms with E-state index < -0.39 is 0 Å². The molecule has 0 spiro atoms. The molecule has 144 valence electrons. The van der Waals surface area contributed by atoms with Crippen LogP contribution in [-0.2, 0) is 11.3 Å². The van der Waals surface area contributed by atoms with Gasteiger partial charge in [0.05, 0.1) is 19.1 Å². The second-order valence-electron chi connectivity index (χ2n) is 7.20. The zero-order chi connectivity index (χ0) is 19.3. The number of methoxy groups -OCH3 is 1. The highest BCUT2D eigenvalue weighted by atomic mass is 16.5. The number of esters is 1. The van der Waals surface area contributed by atoms with E-state index in [1.54, 1.807) is 6.33 Å². The number of imidazole rings is 1. The molecule has 1 fully saturated rings. The molecule has 0 atom stereocenters. The molecule has 1 aliphatic heterocycles. The fraction of sp³-hybridized carbons (Fsp3) is 0.304. The van der Waals surface area contributed by atoms with Crippen molar-refractivity contribution in [2.24, 2.45) is 0 Å². The zero-order valence-corrected chi connectivity index (χ0v) is 16.1. The normalized spacial score (nSPS) is 15.5. The Morgan fingerprint density at radius 1 is 1.04 bits per heavy atom. The number of ether oxygens (including phenoxy) is 1.